The summed E-state index contributed by atoms with van der Waals surface area (Å²) in [5, 5.41) is 3.04. The first-order valence-corrected chi connectivity index (χ1v) is 14.3. The zero-order chi connectivity index (χ0) is 25.6. The van der Waals surface area contributed by atoms with Crippen molar-refractivity contribution in [1.29, 1.82) is 0 Å². The average Bonchev–Trinajstić information content (AvgIpc) is 2.82. The van der Waals surface area contributed by atoms with Gasteiger partial charge in [0.2, 0.25) is 21.8 Å². The molecule has 1 N–H and O–H groups in total. The van der Waals surface area contributed by atoms with Crippen molar-refractivity contribution >= 4 is 43.5 Å². The highest BCUT2D eigenvalue weighted by Gasteiger charge is 2.31. The Balaban J connectivity index is 1.87. The van der Waals surface area contributed by atoms with Gasteiger partial charge in [-0.25, -0.2) is 12.8 Å². The minimum atomic E-state index is -3.98. The molecule has 0 saturated heterocycles. The van der Waals surface area contributed by atoms with E-state index in [1.165, 1.54) is 23.1 Å². The van der Waals surface area contributed by atoms with Crippen molar-refractivity contribution in [2.75, 3.05) is 17.1 Å². The van der Waals surface area contributed by atoms with Gasteiger partial charge in [-0.2, -0.15) is 0 Å². The summed E-state index contributed by atoms with van der Waals surface area (Å²) in [4.78, 5) is 28.0. The predicted octanol–water partition coefficient (Wildman–Crippen LogP) is 4.22. The number of benzene rings is 2. The molecule has 1 fully saturated rings. The van der Waals surface area contributed by atoms with Gasteiger partial charge >= 0.3 is 0 Å². The van der Waals surface area contributed by atoms with E-state index in [2.05, 4.69) is 21.2 Å². The van der Waals surface area contributed by atoms with Crippen LogP contribution in [0.4, 0.5) is 10.1 Å². The Morgan fingerprint density at radius 1 is 1.09 bits per heavy atom. The quantitative estimate of drug-likeness (QED) is 0.491. The lowest BCUT2D eigenvalue weighted by molar-refractivity contribution is -0.139. The zero-order valence-electron chi connectivity index (χ0n) is 19.9. The van der Waals surface area contributed by atoms with Gasteiger partial charge in [-0.05, 0) is 49.6 Å². The summed E-state index contributed by atoms with van der Waals surface area (Å²) in [7, 11) is -3.98. The van der Waals surface area contributed by atoms with E-state index in [0.717, 1.165) is 58.8 Å². The Bertz CT molecular complexity index is 1140. The van der Waals surface area contributed by atoms with E-state index in [-0.39, 0.29) is 24.2 Å². The Morgan fingerprint density at radius 3 is 2.31 bits per heavy atom. The first-order chi connectivity index (χ1) is 16.6. The lowest BCUT2D eigenvalue weighted by Gasteiger charge is -2.33. The summed E-state index contributed by atoms with van der Waals surface area (Å²) in [6, 6.07) is 11.9. The number of nitrogens with zero attached hydrogens (tertiary/aromatic N) is 2. The minimum Gasteiger partial charge on any atom is -0.352 e. The third-order valence-electron chi connectivity index (χ3n) is 6.19. The van der Waals surface area contributed by atoms with Gasteiger partial charge in [0.05, 0.1) is 11.9 Å². The predicted molar refractivity (Wildman–Crippen MR) is 138 cm³/mol. The molecule has 35 heavy (non-hydrogen) atoms. The summed E-state index contributed by atoms with van der Waals surface area (Å²) in [5.41, 5.74) is 0.557. The molecule has 1 aliphatic rings. The number of rotatable bonds is 9. The number of hydrogen-bond acceptors (Lipinski definition) is 4. The lowest BCUT2D eigenvalue weighted by Crippen LogP contribution is -2.53. The number of carbonyl (C=O) groups is 2. The number of nitrogens with one attached hydrogen (secondary N) is 1. The summed E-state index contributed by atoms with van der Waals surface area (Å²) < 4.78 is 41.1. The second-order valence-electron chi connectivity index (χ2n) is 8.89. The SMILES string of the molecule is C[C@H](C(=O)NC1CCCCC1)N(Cc1ccc(Br)cc1)C(=O)CN(c1ccccc1F)S(C)(=O)=O. The maximum atomic E-state index is 14.5. The van der Waals surface area contributed by atoms with Crippen LogP contribution in [0, 0.1) is 5.82 Å². The smallest absolute Gasteiger partial charge is 0.244 e. The molecule has 3 rings (SSSR count). The molecule has 0 aliphatic heterocycles. The standard InChI is InChI=1S/C25H31BrFN3O4S/c1-18(25(32)28-21-8-4-3-5-9-21)29(16-19-12-14-20(26)15-13-19)24(31)17-30(35(2,33)34)23-11-7-6-10-22(23)27/h6-7,10-15,18,21H,3-5,8-9,16-17H2,1-2H3,(H,28,32)/t18-/m1/s1. The Labute approximate surface area is 214 Å². The van der Waals surface area contributed by atoms with Crippen molar-refractivity contribution in [2.24, 2.45) is 0 Å². The Morgan fingerprint density at radius 2 is 1.71 bits per heavy atom. The summed E-state index contributed by atoms with van der Waals surface area (Å²) in [6.45, 7) is 1.10. The molecule has 1 saturated carbocycles. The number of anilines is 1. The lowest BCUT2D eigenvalue weighted by atomic mass is 9.95. The Hall–Kier alpha value is -2.46. The van der Waals surface area contributed by atoms with Gasteiger partial charge in [-0.1, -0.05) is 59.5 Å². The van der Waals surface area contributed by atoms with Crippen LogP contribution in [-0.2, 0) is 26.2 Å². The van der Waals surface area contributed by atoms with Crippen molar-refractivity contribution in [2.45, 2.75) is 57.7 Å². The summed E-state index contributed by atoms with van der Waals surface area (Å²) >= 11 is 3.38. The van der Waals surface area contributed by atoms with Crippen molar-refractivity contribution in [3.63, 3.8) is 0 Å². The summed E-state index contributed by atoms with van der Waals surface area (Å²) in [6.07, 6.45) is 5.96. The molecular weight excluding hydrogens is 537 g/mol. The van der Waals surface area contributed by atoms with E-state index in [0.29, 0.717) is 0 Å². The van der Waals surface area contributed by atoms with Crippen molar-refractivity contribution in [3.8, 4) is 0 Å². The minimum absolute atomic E-state index is 0.0641. The average molecular weight is 569 g/mol. The zero-order valence-corrected chi connectivity index (χ0v) is 22.3. The van der Waals surface area contributed by atoms with Gasteiger partial charge in [0.1, 0.15) is 18.4 Å². The summed E-state index contributed by atoms with van der Waals surface area (Å²) in [5.74, 6) is -1.65. The third-order valence-corrected chi connectivity index (χ3v) is 7.84. The molecular formula is C25H31BrFN3O4S. The highest BCUT2D eigenvalue weighted by Crippen LogP contribution is 2.23. The molecule has 2 aromatic carbocycles. The number of amides is 2. The van der Waals surface area contributed by atoms with Crippen molar-refractivity contribution < 1.29 is 22.4 Å². The molecule has 0 bridgehead atoms. The molecule has 0 radical (unpaired) electrons. The van der Waals surface area contributed by atoms with Gasteiger partial charge in [-0.3, -0.25) is 13.9 Å². The van der Waals surface area contributed by atoms with Gasteiger partial charge in [0.15, 0.2) is 0 Å². The Kier molecular flexibility index (Phi) is 9.29. The van der Waals surface area contributed by atoms with E-state index in [1.54, 1.807) is 6.92 Å². The van der Waals surface area contributed by atoms with Crippen molar-refractivity contribution in [1.82, 2.24) is 10.2 Å². The molecule has 2 amide bonds. The van der Waals surface area contributed by atoms with Gasteiger partial charge in [-0.15, -0.1) is 0 Å². The maximum absolute atomic E-state index is 14.5. The molecule has 2 aromatic rings. The van der Waals surface area contributed by atoms with Crippen LogP contribution >= 0.6 is 15.9 Å². The van der Waals surface area contributed by atoms with Crippen LogP contribution < -0.4 is 9.62 Å². The maximum Gasteiger partial charge on any atom is 0.244 e. The molecule has 1 atom stereocenters. The van der Waals surface area contributed by atoms with Crippen LogP contribution in [0.25, 0.3) is 0 Å². The van der Waals surface area contributed by atoms with Gasteiger partial charge < -0.3 is 10.2 Å². The van der Waals surface area contributed by atoms with Crippen molar-refractivity contribution in [3.05, 3.63) is 64.4 Å². The van der Waals surface area contributed by atoms with Crippen LogP contribution in [0.5, 0.6) is 0 Å². The second-order valence-corrected chi connectivity index (χ2v) is 11.7. The number of sulfonamides is 1. The normalized spacial score (nSPS) is 15.3. The topological polar surface area (TPSA) is 86.8 Å². The number of carbonyl (C=O) groups excluding carboxylic acids is 2. The van der Waals surface area contributed by atoms with Crippen LogP contribution in [0.2, 0.25) is 0 Å². The fourth-order valence-electron chi connectivity index (χ4n) is 4.19. The van der Waals surface area contributed by atoms with E-state index in [4.69, 9.17) is 0 Å². The molecule has 0 aromatic heterocycles. The molecule has 7 nitrogen and oxygen atoms in total. The first-order valence-electron chi connectivity index (χ1n) is 11.6. The molecule has 190 valence electrons. The van der Waals surface area contributed by atoms with Gasteiger partial charge in [0, 0.05) is 17.1 Å². The van der Waals surface area contributed by atoms with E-state index in [1.807, 2.05) is 24.3 Å². The van der Waals surface area contributed by atoms with Crippen LogP contribution in [0.3, 0.4) is 0 Å². The third kappa shape index (κ3) is 7.51. The van der Waals surface area contributed by atoms with E-state index >= 15 is 0 Å². The second kappa shape index (κ2) is 12.0. The molecule has 1 aliphatic carbocycles. The fourth-order valence-corrected chi connectivity index (χ4v) is 5.30. The van der Waals surface area contributed by atoms with Crippen LogP contribution in [-0.4, -0.2) is 50.0 Å². The van der Waals surface area contributed by atoms with Gasteiger partial charge in [0.25, 0.3) is 0 Å². The number of halogens is 2. The fraction of sp³-hybridized carbons (Fsp3) is 0.440. The number of para-hydroxylation sites is 1. The van der Waals surface area contributed by atoms with Crippen LogP contribution in [0.15, 0.2) is 53.0 Å². The largest absolute Gasteiger partial charge is 0.352 e. The first kappa shape index (κ1) is 27.1. The monoisotopic (exact) mass is 567 g/mol. The molecule has 0 unspecified atom stereocenters. The molecule has 10 heteroatoms. The highest BCUT2D eigenvalue weighted by atomic mass is 79.9. The highest BCUT2D eigenvalue weighted by molar-refractivity contribution is 9.10. The molecule has 0 heterocycles. The van der Waals surface area contributed by atoms with Crippen LogP contribution in [0.1, 0.15) is 44.6 Å². The molecule has 0 spiro atoms. The van der Waals surface area contributed by atoms with E-state index in [9.17, 15) is 22.4 Å². The number of hydrogen-bond donors (Lipinski definition) is 1. The van der Waals surface area contributed by atoms with E-state index < -0.39 is 34.3 Å².